The molecule has 0 atom stereocenters. The Labute approximate surface area is 337 Å². The Kier molecular flexibility index (Phi) is 49.9. The van der Waals surface area contributed by atoms with E-state index >= 15 is 0 Å². The van der Waals surface area contributed by atoms with Crippen LogP contribution >= 0.6 is 0 Å². The van der Waals surface area contributed by atoms with Crippen LogP contribution in [0.3, 0.4) is 0 Å². The molecule has 0 aliphatic rings. The quantitative estimate of drug-likeness (QED) is 0.0350. The van der Waals surface area contributed by atoms with Crippen LogP contribution in [-0.4, -0.2) is 37.7 Å². The Morgan fingerprint density at radius 1 is 0.241 bits per heavy atom. The smallest absolute Gasteiger partial charge is 0.305 e. The predicted molar refractivity (Wildman–Crippen MR) is 231 cm³/mol. The maximum absolute atomic E-state index is 11.7. The molecule has 0 aromatic heterocycles. The van der Waals surface area contributed by atoms with Crippen LogP contribution in [0.5, 0.6) is 0 Å². The zero-order valence-corrected chi connectivity index (χ0v) is 36.9. The molecule has 0 rings (SSSR count). The summed E-state index contributed by atoms with van der Waals surface area (Å²) in [5.41, 5.74) is 0. The van der Waals surface area contributed by atoms with Gasteiger partial charge in [0.25, 0.3) is 0 Å². The van der Waals surface area contributed by atoms with Crippen molar-refractivity contribution in [1.29, 1.82) is 0 Å². The van der Waals surface area contributed by atoms with Gasteiger partial charge in [-0.15, -0.1) is 0 Å². The summed E-state index contributed by atoms with van der Waals surface area (Å²) in [4.78, 5) is 34.8. The number of ether oxygens (including phenoxy) is 3. The van der Waals surface area contributed by atoms with Crippen molar-refractivity contribution in [2.24, 2.45) is 0 Å². The largest absolute Gasteiger partial charge is 0.466 e. The molecule has 322 valence electrons. The average molecular weight is 767 g/mol. The summed E-state index contributed by atoms with van der Waals surface area (Å²) in [5, 5.41) is 0. The number of carbonyl (C=O) groups excluding carboxylic acids is 3. The lowest BCUT2D eigenvalue weighted by molar-refractivity contribution is -0.144. The lowest BCUT2D eigenvalue weighted by Gasteiger charge is -2.06. The van der Waals surface area contributed by atoms with E-state index in [9.17, 15) is 14.4 Å². The third kappa shape index (κ3) is 50.4. The molecule has 54 heavy (non-hydrogen) atoms. The van der Waals surface area contributed by atoms with Gasteiger partial charge in [0, 0.05) is 19.3 Å². The molecular formula is C48H94O6. The lowest BCUT2D eigenvalue weighted by Crippen LogP contribution is -2.06. The minimum absolute atomic E-state index is 0.00172. The van der Waals surface area contributed by atoms with Crippen molar-refractivity contribution in [3.63, 3.8) is 0 Å². The monoisotopic (exact) mass is 767 g/mol. The Balaban J connectivity index is 0. The minimum Gasteiger partial charge on any atom is -0.466 e. The first kappa shape index (κ1) is 54.5. The highest BCUT2D eigenvalue weighted by Gasteiger charge is 2.05. The molecule has 6 nitrogen and oxygen atoms in total. The molecule has 0 bridgehead atoms. The number of rotatable bonds is 42. The second-order valence-corrected chi connectivity index (χ2v) is 15.9. The highest BCUT2D eigenvalue weighted by molar-refractivity contribution is 5.69. The van der Waals surface area contributed by atoms with Crippen LogP contribution in [-0.2, 0) is 28.6 Å². The predicted octanol–water partition coefficient (Wildman–Crippen LogP) is 15.5. The third-order valence-electron chi connectivity index (χ3n) is 10.3. The zero-order chi connectivity index (χ0) is 39.8. The Bertz CT molecular complexity index is 717. The van der Waals surface area contributed by atoms with E-state index in [0.29, 0.717) is 39.1 Å². The van der Waals surface area contributed by atoms with Crippen LogP contribution in [0.4, 0.5) is 0 Å². The summed E-state index contributed by atoms with van der Waals surface area (Å²) in [5.74, 6) is -0.0912. The zero-order valence-electron chi connectivity index (χ0n) is 36.9. The van der Waals surface area contributed by atoms with Gasteiger partial charge in [0.2, 0.25) is 0 Å². The normalized spacial score (nSPS) is 10.9. The molecule has 0 unspecified atom stereocenters. The Morgan fingerprint density at radius 2 is 0.426 bits per heavy atom. The molecule has 0 aliphatic carbocycles. The van der Waals surface area contributed by atoms with Crippen molar-refractivity contribution in [2.75, 3.05) is 19.8 Å². The molecule has 0 radical (unpaired) electrons. The van der Waals surface area contributed by atoms with Crippen molar-refractivity contribution in [3.8, 4) is 0 Å². The summed E-state index contributed by atoms with van der Waals surface area (Å²) in [6.45, 7) is 10.6. The van der Waals surface area contributed by atoms with Crippen LogP contribution in [0.2, 0.25) is 0 Å². The Hall–Kier alpha value is -1.59. The van der Waals surface area contributed by atoms with E-state index in [4.69, 9.17) is 14.2 Å². The van der Waals surface area contributed by atoms with Gasteiger partial charge in [0.05, 0.1) is 19.8 Å². The highest BCUT2D eigenvalue weighted by Crippen LogP contribution is 2.15. The van der Waals surface area contributed by atoms with Gasteiger partial charge in [0.1, 0.15) is 0 Å². The molecule has 6 heteroatoms. The van der Waals surface area contributed by atoms with Gasteiger partial charge in [-0.05, 0) is 38.5 Å². The number of carbonyl (C=O) groups is 3. The summed E-state index contributed by atoms with van der Waals surface area (Å²) >= 11 is 0. The van der Waals surface area contributed by atoms with Crippen LogP contribution in [0.25, 0.3) is 0 Å². The molecule has 0 aliphatic heterocycles. The van der Waals surface area contributed by atoms with Gasteiger partial charge < -0.3 is 14.2 Å². The molecule has 0 saturated carbocycles. The summed E-state index contributed by atoms with van der Waals surface area (Å²) in [6.07, 6.45) is 44.9. The second-order valence-electron chi connectivity index (χ2n) is 15.9. The van der Waals surface area contributed by atoms with Gasteiger partial charge in [-0.2, -0.15) is 0 Å². The van der Waals surface area contributed by atoms with Crippen molar-refractivity contribution in [2.45, 2.75) is 272 Å². The summed E-state index contributed by atoms with van der Waals surface area (Å²) < 4.78 is 15.8. The van der Waals surface area contributed by atoms with E-state index in [1.165, 1.54) is 154 Å². The molecular weight excluding hydrogens is 673 g/mol. The average Bonchev–Trinajstić information content (AvgIpc) is 3.17. The van der Waals surface area contributed by atoms with E-state index in [-0.39, 0.29) is 17.9 Å². The van der Waals surface area contributed by atoms with E-state index in [1.54, 1.807) is 0 Å². The maximum atomic E-state index is 11.7. The van der Waals surface area contributed by atoms with Crippen molar-refractivity contribution >= 4 is 17.9 Å². The molecule has 0 amide bonds. The van der Waals surface area contributed by atoms with Gasteiger partial charge in [-0.1, -0.05) is 214 Å². The molecule has 0 saturated heterocycles. The molecule has 0 fully saturated rings. The fraction of sp³-hybridized carbons (Fsp3) is 0.938. The van der Waals surface area contributed by atoms with Crippen LogP contribution in [0.15, 0.2) is 0 Å². The van der Waals surface area contributed by atoms with Gasteiger partial charge in [-0.3, -0.25) is 14.4 Å². The highest BCUT2D eigenvalue weighted by atomic mass is 16.5. The lowest BCUT2D eigenvalue weighted by atomic mass is 10.0. The molecule has 0 aromatic carbocycles. The van der Waals surface area contributed by atoms with E-state index in [1.807, 2.05) is 0 Å². The Morgan fingerprint density at radius 3 is 0.667 bits per heavy atom. The maximum Gasteiger partial charge on any atom is 0.305 e. The first-order valence-corrected chi connectivity index (χ1v) is 24.0. The standard InChI is InChI=1S/C26H50O4.C22H44O2/c1-3-5-7-9-15-19-23-29-25(27)21-17-13-11-12-14-18-22-26(28)30-24-20-16-10-8-6-4-2;1-3-5-7-8-9-10-11-12-13-14-15-16-17-18-19-20-22(23)24-21-6-4-2/h3-24H2,1-2H3;3-21H2,1-2H3. The number of hydrogen-bond acceptors (Lipinski definition) is 6. The van der Waals surface area contributed by atoms with Crippen LogP contribution in [0, 0.1) is 0 Å². The van der Waals surface area contributed by atoms with Crippen LogP contribution in [0.1, 0.15) is 272 Å². The molecule has 0 aromatic rings. The van der Waals surface area contributed by atoms with Crippen molar-refractivity contribution < 1.29 is 28.6 Å². The van der Waals surface area contributed by atoms with E-state index in [0.717, 1.165) is 70.6 Å². The second kappa shape index (κ2) is 49.4. The van der Waals surface area contributed by atoms with E-state index in [2.05, 4.69) is 27.7 Å². The minimum atomic E-state index is -0.0448. The molecule has 0 heterocycles. The van der Waals surface area contributed by atoms with E-state index < -0.39 is 0 Å². The number of unbranched alkanes of at least 4 members (excludes halogenated alkanes) is 30. The summed E-state index contributed by atoms with van der Waals surface area (Å²) in [7, 11) is 0. The fourth-order valence-electron chi connectivity index (χ4n) is 6.57. The SMILES string of the molecule is CCCCCCCCCCCCCCCCCC(=O)OCCCC.CCCCCCCCOC(=O)CCCCCCCCC(=O)OCCCCCCCC. The first-order valence-electron chi connectivity index (χ1n) is 24.0. The number of esters is 3. The fourth-order valence-corrected chi connectivity index (χ4v) is 6.57. The van der Waals surface area contributed by atoms with Gasteiger partial charge in [-0.25, -0.2) is 0 Å². The van der Waals surface area contributed by atoms with Crippen molar-refractivity contribution in [1.82, 2.24) is 0 Å². The van der Waals surface area contributed by atoms with Crippen LogP contribution < -0.4 is 0 Å². The summed E-state index contributed by atoms with van der Waals surface area (Å²) in [6, 6.07) is 0. The number of hydrogen-bond donors (Lipinski definition) is 0. The third-order valence-corrected chi connectivity index (χ3v) is 10.3. The first-order chi connectivity index (χ1) is 26.5. The van der Waals surface area contributed by atoms with Gasteiger partial charge >= 0.3 is 17.9 Å². The van der Waals surface area contributed by atoms with Crippen molar-refractivity contribution in [3.05, 3.63) is 0 Å². The molecule has 0 spiro atoms. The molecule has 0 N–H and O–H groups in total. The topological polar surface area (TPSA) is 78.9 Å². The van der Waals surface area contributed by atoms with Gasteiger partial charge in [0.15, 0.2) is 0 Å².